The van der Waals surface area contributed by atoms with E-state index in [1.54, 1.807) is 36.3 Å². The van der Waals surface area contributed by atoms with Gasteiger partial charge in [0.15, 0.2) is 0 Å². The van der Waals surface area contributed by atoms with Gasteiger partial charge in [-0.3, -0.25) is 19.3 Å². The Hall–Kier alpha value is -2.45. The van der Waals surface area contributed by atoms with E-state index < -0.39 is 5.41 Å². The second-order valence-electron chi connectivity index (χ2n) is 8.08. The maximum atomic E-state index is 13.5. The summed E-state index contributed by atoms with van der Waals surface area (Å²) in [6.45, 7) is 4.06. The third kappa shape index (κ3) is 4.91. The summed E-state index contributed by atoms with van der Waals surface area (Å²) in [7, 11) is 3.07. The number of rotatable bonds is 10. The molecule has 3 amide bonds. The largest absolute Gasteiger partial charge is 0.497 e. The molecule has 8 heteroatoms. The molecule has 0 aliphatic carbocycles. The monoisotopic (exact) mass is 432 g/mol. The molecule has 0 radical (unpaired) electrons. The van der Waals surface area contributed by atoms with Gasteiger partial charge in [0.1, 0.15) is 5.75 Å². The number of benzene rings is 1. The van der Waals surface area contributed by atoms with Crippen LogP contribution in [-0.2, 0) is 29.3 Å². The van der Waals surface area contributed by atoms with E-state index in [1.165, 1.54) is 12.0 Å². The molecule has 0 spiro atoms. The van der Waals surface area contributed by atoms with E-state index >= 15 is 0 Å². The van der Waals surface area contributed by atoms with E-state index in [-0.39, 0.29) is 49.8 Å². The lowest BCUT2D eigenvalue weighted by atomic mass is 9.75. The van der Waals surface area contributed by atoms with Gasteiger partial charge in [0.25, 0.3) is 0 Å². The molecule has 2 unspecified atom stereocenters. The average molecular weight is 433 g/mol. The number of likely N-dealkylation sites (tertiary alicyclic amines) is 1. The van der Waals surface area contributed by atoms with E-state index in [2.05, 4.69) is 0 Å². The second-order valence-corrected chi connectivity index (χ2v) is 8.08. The Morgan fingerprint density at radius 3 is 2.77 bits per heavy atom. The van der Waals surface area contributed by atoms with Gasteiger partial charge in [0.05, 0.1) is 31.8 Å². The van der Waals surface area contributed by atoms with Crippen LogP contribution < -0.4 is 4.74 Å². The van der Waals surface area contributed by atoms with Crippen LogP contribution in [0.1, 0.15) is 38.2 Å². The average Bonchev–Trinajstić information content (AvgIpc) is 3.37. The Kier molecular flexibility index (Phi) is 7.67. The number of amides is 3. The first kappa shape index (κ1) is 23.2. The molecule has 1 aromatic carbocycles. The molecule has 2 saturated heterocycles. The highest BCUT2D eigenvalue weighted by Crippen LogP contribution is 2.41. The molecule has 2 fully saturated rings. The molecule has 2 aliphatic heterocycles. The highest BCUT2D eigenvalue weighted by Gasteiger charge is 2.54. The Morgan fingerprint density at radius 2 is 2.13 bits per heavy atom. The minimum Gasteiger partial charge on any atom is -0.497 e. The van der Waals surface area contributed by atoms with E-state index in [0.717, 1.165) is 12.8 Å². The summed E-state index contributed by atoms with van der Waals surface area (Å²) in [5.41, 5.74) is -0.632. The number of carbonyl (C=O) groups is 3. The zero-order valence-electron chi connectivity index (χ0n) is 18.6. The summed E-state index contributed by atoms with van der Waals surface area (Å²) in [6, 6.07) is 7.09. The Balaban J connectivity index is 1.91. The standard InChI is InChI=1S/C23H32N2O6/c1-4-24(16-19-9-6-11-31-19)20(26)14-23(17-7-5-8-18(13-17)30-3)15-21(27)25(22(23)28)10-12-29-2/h5,7-8,13,19H,4,6,9-12,14-16H2,1-3H3. The van der Waals surface area contributed by atoms with Gasteiger partial charge in [-0.1, -0.05) is 12.1 Å². The molecule has 2 atom stereocenters. The third-order valence-electron chi connectivity index (χ3n) is 6.19. The van der Waals surface area contributed by atoms with Crippen LogP contribution in [0.2, 0.25) is 0 Å². The van der Waals surface area contributed by atoms with Crippen molar-refractivity contribution >= 4 is 17.7 Å². The molecule has 0 aromatic heterocycles. The predicted molar refractivity (Wildman–Crippen MR) is 114 cm³/mol. The fourth-order valence-electron chi connectivity index (χ4n) is 4.41. The van der Waals surface area contributed by atoms with Gasteiger partial charge in [-0.2, -0.15) is 0 Å². The first-order chi connectivity index (χ1) is 14.9. The van der Waals surface area contributed by atoms with Crippen molar-refractivity contribution < 1.29 is 28.6 Å². The fourth-order valence-corrected chi connectivity index (χ4v) is 4.41. The number of hydrogen-bond acceptors (Lipinski definition) is 6. The number of nitrogens with zero attached hydrogens (tertiary/aromatic N) is 2. The molecule has 0 N–H and O–H groups in total. The minimum absolute atomic E-state index is 0.0239. The maximum Gasteiger partial charge on any atom is 0.240 e. The van der Waals surface area contributed by atoms with E-state index in [4.69, 9.17) is 14.2 Å². The van der Waals surface area contributed by atoms with Crippen molar-refractivity contribution in [3.05, 3.63) is 29.8 Å². The minimum atomic E-state index is -1.25. The molecule has 0 bridgehead atoms. The number of ether oxygens (including phenoxy) is 3. The molecule has 170 valence electrons. The lowest BCUT2D eigenvalue weighted by Crippen LogP contribution is -2.45. The SMILES string of the molecule is CCN(CC1CCCO1)C(=O)CC1(c2cccc(OC)c2)CC(=O)N(CCOC)C1=O. The van der Waals surface area contributed by atoms with Crippen molar-refractivity contribution in [3.63, 3.8) is 0 Å². The molecule has 2 heterocycles. The summed E-state index contributed by atoms with van der Waals surface area (Å²) < 4.78 is 16.1. The predicted octanol–water partition coefficient (Wildman–Crippen LogP) is 1.76. The van der Waals surface area contributed by atoms with Crippen LogP contribution in [0, 0.1) is 0 Å². The quantitative estimate of drug-likeness (QED) is 0.524. The van der Waals surface area contributed by atoms with E-state index in [9.17, 15) is 14.4 Å². The summed E-state index contributed by atoms with van der Waals surface area (Å²) in [5, 5.41) is 0. The van der Waals surface area contributed by atoms with Gasteiger partial charge in [0, 0.05) is 39.6 Å². The molecule has 0 saturated carbocycles. The highest BCUT2D eigenvalue weighted by atomic mass is 16.5. The van der Waals surface area contributed by atoms with Crippen molar-refractivity contribution in [2.45, 2.75) is 44.1 Å². The normalized spacial score (nSPS) is 23.5. The second kappa shape index (κ2) is 10.2. The number of methoxy groups -OCH3 is 2. The molecule has 1 aromatic rings. The third-order valence-corrected chi connectivity index (χ3v) is 6.19. The van der Waals surface area contributed by atoms with Crippen molar-refractivity contribution in [1.29, 1.82) is 0 Å². The van der Waals surface area contributed by atoms with Crippen LogP contribution in [0.3, 0.4) is 0 Å². The van der Waals surface area contributed by atoms with Gasteiger partial charge in [-0.05, 0) is 37.5 Å². The topological polar surface area (TPSA) is 85.4 Å². The van der Waals surface area contributed by atoms with Crippen molar-refractivity contribution in [2.24, 2.45) is 0 Å². The van der Waals surface area contributed by atoms with Crippen molar-refractivity contribution in [3.8, 4) is 5.75 Å². The number of carbonyl (C=O) groups excluding carboxylic acids is 3. The van der Waals surface area contributed by atoms with Gasteiger partial charge < -0.3 is 19.1 Å². The first-order valence-corrected chi connectivity index (χ1v) is 10.8. The summed E-state index contributed by atoms with van der Waals surface area (Å²) in [5.74, 6) is -0.230. The van der Waals surface area contributed by atoms with Gasteiger partial charge in [-0.15, -0.1) is 0 Å². The lowest BCUT2D eigenvalue weighted by molar-refractivity contribution is -0.143. The zero-order chi connectivity index (χ0) is 22.4. The Labute approximate surface area is 183 Å². The molecule has 3 rings (SSSR count). The molecule has 2 aliphatic rings. The van der Waals surface area contributed by atoms with Crippen LogP contribution in [0.4, 0.5) is 0 Å². The molecule has 8 nitrogen and oxygen atoms in total. The van der Waals surface area contributed by atoms with Crippen LogP contribution in [0.15, 0.2) is 24.3 Å². The van der Waals surface area contributed by atoms with Gasteiger partial charge in [-0.25, -0.2) is 0 Å². The van der Waals surface area contributed by atoms with Gasteiger partial charge in [0.2, 0.25) is 17.7 Å². The number of imide groups is 1. The zero-order valence-corrected chi connectivity index (χ0v) is 18.6. The Bertz CT molecular complexity index is 807. The summed E-state index contributed by atoms with van der Waals surface area (Å²) in [6.07, 6.45) is 1.81. The number of likely N-dealkylation sites (N-methyl/N-ethyl adjacent to an activating group) is 1. The van der Waals surface area contributed by atoms with Crippen LogP contribution in [-0.4, -0.2) is 80.7 Å². The van der Waals surface area contributed by atoms with Crippen LogP contribution >= 0.6 is 0 Å². The number of hydrogen-bond donors (Lipinski definition) is 0. The highest BCUT2D eigenvalue weighted by molar-refractivity contribution is 6.10. The summed E-state index contributed by atoms with van der Waals surface area (Å²) >= 11 is 0. The van der Waals surface area contributed by atoms with Crippen molar-refractivity contribution in [2.75, 3.05) is 47.1 Å². The van der Waals surface area contributed by atoms with E-state index in [1.807, 2.05) is 6.92 Å². The smallest absolute Gasteiger partial charge is 0.240 e. The Morgan fingerprint density at radius 1 is 1.32 bits per heavy atom. The van der Waals surface area contributed by atoms with Crippen molar-refractivity contribution in [1.82, 2.24) is 9.80 Å². The van der Waals surface area contributed by atoms with Crippen LogP contribution in [0.5, 0.6) is 5.75 Å². The fraction of sp³-hybridized carbons (Fsp3) is 0.609. The van der Waals surface area contributed by atoms with Gasteiger partial charge >= 0.3 is 0 Å². The van der Waals surface area contributed by atoms with E-state index in [0.29, 0.717) is 31.0 Å². The summed E-state index contributed by atoms with van der Waals surface area (Å²) in [4.78, 5) is 42.7. The first-order valence-electron chi connectivity index (χ1n) is 10.8. The molecule has 31 heavy (non-hydrogen) atoms. The molecular formula is C23H32N2O6. The lowest BCUT2D eigenvalue weighted by Gasteiger charge is -2.31. The van der Waals surface area contributed by atoms with Crippen LogP contribution in [0.25, 0.3) is 0 Å². The maximum absolute atomic E-state index is 13.5. The molecular weight excluding hydrogens is 400 g/mol.